The van der Waals surface area contributed by atoms with Crippen molar-refractivity contribution in [2.24, 2.45) is 7.05 Å². The molecule has 0 radical (unpaired) electrons. The fourth-order valence-corrected chi connectivity index (χ4v) is 2.18. The van der Waals surface area contributed by atoms with E-state index >= 15 is 0 Å². The van der Waals surface area contributed by atoms with Gasteiger partial charge in [-0.25, -0.2) is 4.98 Å². The molecule has 2 aromatic rings. The Kier molecular flexibility index (Phi) is 4.83. The number of halogens is 3. The van der Waals surface area contributed by atoms with Crippen molar-refractivity contribution in [3.8, 4) is 5.75 Å². The van der Waals surface area contributed by atoms with E-state index in [1.807, 2.05) is 0 Å². The molecule has 2 N–H and O–H groups in total. The van der Waals surface area contributed by atoms with Gasteiger partial charge in [-0.1, -0.05) is 0 Å². The summed E-state index contributed by atoms with van der Waals surface area (Å²) in [6.45, 7) is 0. The van der Waals surface area contributed by atoms with Crippen molar-refractivity contribution in [1.29, 1.82) is 0 Å². The molecule has 1 aromatic heterocycles. The number of imidazole rings is 1. The minimum atomic E-state index is -5.07. The van der Waals surface area contributed by atoms with Gasteiger partial charge in [0, 0.05) is 25.1 Å². The molecule has 24 heavy (non-hydrogen) atoms. The van der Waals surface area contributed by atoms with Crippen LogP contribution in [0.25, 0.3) is 0 Å². The zero-order valence-electron chi connectivity index (χ0n) is 13.0. The Bertz CT molecular complexity index is 713. The molecule has 1 unspecified atom stereocenters. The van der Waals surface area contributed by atoms with Crippen LogP contribution >= 0.6 is 0 Å². The number of aromatic nitrogens is 2. The van der Waals surface area contributed by atoms with E-state index in [2.05, 4.69) is 10.3 Å². The van der Waals surface area contributed by atoms with Crippen molar-refractivity contribution in [3.63, 3.8) is 0 Å². The molecule has 2 rings (SSSR count). The first-order chi connectivity index (χ1) is 11.2. The van der Waals surface area contributed by atoms with Gasteiger partial charge in [0.1, 0.15) is 5.75 Å². The smallest absolute Gasteiger partial charge is 0.425 e. The zero-order valence-corrected chi connectivity index (χ0v) is 13.0. The Morgan fingerprint density at radius 2 is 1.96 bits per heavy atom. The van der Waals surface area contributed by atoms with Crippen molar-refractivity contribution >= 4 is 11.6 Å². The van der Waals surface area contributed by atoms with E-state index in [1.54, 1.807) is 12.1 Å². The second kappa shape index (κ2) is 6.52. The Morgan fingerprint density at radius 3 is 2.42 bits per heavy atom. The number of aliphatic hydroxyl groups is 1. The number of hydrogen-bond donors (Lipinski definition) is 2. The molecule has 1 aromatic carbocycles. The number of ether oxygens (including phenoxy) is 1. The number of carbonyl (C=O) groups is 1. The highest BCUT2D eigenvalue weighted by Crippen LogP contribution is 2.40. The number of anilines is 1. The van der Waals surface area contributed by atoms with Gasteiger partial charge < -0.3 is 19.7 Å². The van der Waals surface area contributed by atoms with Crippen LogP contribution in [0.15, 0.2) is 36.7 Å². The minimum absolute atomic E-state index is 0.283. The summed E-state index contributed by atoms with van der Waals surface area (Å²) < 4.78 is 46.0. The third kappa shape index (κ3) is 3.51. The van der Waals surface area contributed by atoms with Crippen LogP contribution in [-0.2, 0) is 17.4 Å². The molecule has 0 bridgehead atoms. The van der Waals surface area contributed by atoms with E-state index in [1.165, 1.54) is 32.5 Å². The first-order valence-electron chi connectivity index (χ1n) is 6.88. The third-order valence-electron chi connectivity index (χ3n) is 3.45. The van der Waals surface area contributed by atoms with Crippen LogP contribution in [0.2, 0.25) is 0 Å². The van der Waals surface area contributed by atoms with Crippen LogP contribution in [0, 0.1) is 0 Å². The fourth-order valence-electron chi connectivity index (χ4n) is 2.18. The first-order valence-corrected chi connectivity index (χ1v) is 6.88. The van der Waals surface area contributed by atoms with Gasteiger partial charge in [0.05, 0.1) is 13.5 Å². The number of aryl methyl sites for hydroxylation is 1. The second-order valence-electron chi connectivity index (χ2n) is 5.17. The number of alkyl halides is 3. The third-order valence-corrected chi connectivity index (χ3v) is 3.45. The van der Waals surface area contributed by atoms with Crippen molar-refractivity contribution in [1.82, 2.24) is 9.55 Å². The van der Waals surface area contributed by atoms with Gasteiger partial charge in [-0.2, -0.15) is 13.2 Å². The molecule has 0 spiro atoms. The average Bonchev–Trinajstić information content (AvgIpc) is 2.93. The summed E-state index contributed by atoms with van der Waals surface area (Å²) in [4.78, 5) is 15.5. The molecule has 0 fully saturated rings. The highest BCUT2D eigenvalue weighted by Gasteiger charge is 2.58. The zero-order chi connectivity index (χ0) is 18.0. The number of carbonyl (C=O) groups excluding carboxylic acids is 1. The highest BCUT2D eigenvalue weighted by atomic mass is 19.4. The molecule has 0 saturated carbocycles. The van der Waals surface area contributed by atoms with Gasteiger partial charge in [-0.15, -0.1) is 0 Å². The van der Waals surface area contributed by atoms with Crippen LogP contribution in [0.5, 0.6) is 5.75 Å². The maximum Gasteiger partial charge on any atom is 0.425 e. The average molecular weight is 343 g/mol. The molecule has 1 atom stereocenters. The summed E-state index contributed by atoms with van der Waals surface area (Å²) in [6, 6.07) is 6.04. The summed E-state index contributed by atoms with van der Waals surface area (Å²) in [6.07, 6.45) is -3.91. The lowest BCUT2D eigenvalue weighted by Gasteiger charge is -2.29. The van der Waals surface area contributed by atoms with Crippen molar-refractivity contribution in [2.45, 2.75) is 18.2 Å². The van der Waals surface area contributed by atoms with Crippen LogP contribution in [0.4, 0.5) is 18.9 Å². The van der Waals surface area contributed by atoms with Crippen LogP contribution in [0.3, 0.4) is 0 Å². The molecule has 130 valence electrons. The minimum Gasteiger partial charge on any atom is -0.497 e. The number of nitrogens with zero attached hydrogens (tertiary/aromatic N) is 2. The Morgan fingerprint density at radius 1 is 1.33 bits per heavy atom. The maximum absolute atomic E-state index is 13.3. The van der Waals surface area contributed by atoms with E-state index < -0.39 is 29.9 Å². The summed E-state index contributed by atoms with van der Waals surface area (Å²) in [5.41, 5.74) is -3.10. The van der Waals surface area contributed by atoms with Crippen LogP contribution in [-0.4, -0.2) is 33.9 Å². The van der Waals surface area contributed by atoms with Crippen molar-refractivity contribution in [2.75, 3.05) is 12.4 Å². The van der Waals surface area contributed by atoms with E-state index in [9.17, 15) is 23.1 Å². The lowest BCUT2D eigenvalue weighted by molar-refractivity contribution is -0.270. The van der Waals surface area contributed by atoms with E-state index in [0.29, 0.717) is 5.75 Å². The van der Waals surface area contributed by atoms with E-state index in [0.717, 1.165) is 10.8 Å². The number of hydrogen-bond acceptors (Lipinski definition) is 4. The van der Waals surface area contributed by atoms with Gasteiger partial charge in [0.2, 0.25) is 11.5 Å². The van der Waals surface area contributed by atoms with Crippen molar-refractivity contribution < 1.29 is 27.8 Å². The fraction of sp³-hybridized carbons (Fsp3) is 0.333. The molecule has 6 nitrogen and oxygen atoms in total. The van der Waals surface area contributed by atoms with Crippen LogP contribution in [0.1, 0.15) is 12.2 Å². The Balaban J connectivity index is 2.20. The van der Waals surface area contributed by atoms with Gasteiger partial charge in [-0.05, 0) is 24.3 Å². The van der Waals surface area contributed by atoms with Gasteiger partial charge in [-0.3, -0.25) is 4.79 Å². The Hall–Kier alpha value is -2.55. The topological polar surface area (TPSA) is 76.4 Å². The first kappa shape index (κ1) is 17.8. The van der Waals surface area contributed by atoms with Crippen molar-refractivity contribution in [3.05, 3.63) is 42.5 Å². The largest absolute Gasteiger partial charge is 0.497 e. The summed E-state index contributed by atoms with van der Waals surface area (Å²) >= 11 is 0. The summed E-state index contributed by atoms with van der Waals surface area (Å²) in [5.74, 6) is -1.12. The van der Waals surface area contributed by atoms with Gasteiger partial charge >= 0.3 is 6.18 Å². The SMILES string of the molecule is COc1ccc(NC(=O)CC(O)(c2nccn2C)C(F)(F)F)cc1. The molecule has 1 amide bonds. The molecular weight excluding hydrogens is 327 g/mol. The summed E-state index contributed by atoms with van der Waals surface area (Å²) in [7, 11) is 2.77. The number of amides is 1. The lowest BCUT2D eigenvalue weighted by Crippen LogP contribution is -2.46. The van der Waals surface area contributed by atoms with E-state index in [4.69, 9.17) is 4.74 Å². The number of nitrogens with one attached hydrogen (secondary N) is 1. The molecular formula is C15H16F3N3O3. The van der Waals surface area contributed by atoms with E-state index in [-0.39, 0.29) is 5.69 Å². The Labute approximate surface area is 135 Å². The van der Waals surface area contributed by atoms with Crippen LogP contribution < -0.4 is 10.1 Å². The predicted octanol–water partition coefficient (Wildman–Crippen LogP) is 2.21. The summed E-state index contributed by atoms with van der Waals surface area (Å²) in [5, 5.41) is 12.4. The standard InChI is InChI=1S/C15H16F3N3O3/c1-21-8-7-19-13(21)14(23,15(16,17)18)9-12(22)20-10-3-5-11(24-2)6-4-10/h3-8,23H,9H2,1-2H3,(H,20,22). The van der Waals surface area contributed by atoms with Gasteiger partial charge in [0.15, 0.2) is 5.82 Å². The second-order valence-corrected chi connectivity index (χ2v) is 5.17. The number of rotatable bonds is 5. The number of benzene rings is 1. The molecule has 0 aliphatic carbocycles. The monoisotopic (exact) mass is 343 g/mol. The normalized spacial score (nSPS) is 14.1. The molecule has 9 heteroatoms. The highest BCUT2D eigenvalue weighted by molar-refractivity contribution is 5.91. The van der Waals surface area contributed by atoms with Gasteiger partial charge in [0.25, 0.3) is 0 Å². The molecule has 0 aliphatic heterocycles. The molecule has 0 saturated heterocycles. The quantitative estimate of drug-likeness (QED) is 0.873. The molecule has 1 heterocycles. The maximum atomic E-state index is 13.3. The number of methoxy groups -OCH3 is 1. The lowest BCUT2D eigenvalue weighted by atomic mass is 9.97. The molecule has 0 aliphatic rings. The predicted molar refractivity (Wildman–Crippen MR) is 79.4 cm³/mol.